The molecule has 0 aromatic rings. The Kier molecular flexibility index (Phi) is 12.7. The lowest BCUT2D eigenvalue weighted by Crippen LogP contribution is -2.60. The minimum Gasteiger partial charge on any atom is -0.377 e. The Bertz CT molecular complexity index is 349. The lowest BCUT2D eigenvalue weighted by molar-refractivity contribution is 0.0321. The Balaban J connectivity index is 5.52. The lowest BCUT2D eigenvalue weighted by atomic mass is 10.2. The predicted octanol–water partition coefficient (Wildman–Crippen LogP) is 3.68. The fraction of sp³-hybridized carbons (Fsp3) is 1.00. The van der Waals surface area contributed by atoms with E-state index in [0.717, 1.165) is 31.6 Å². The molecule has 0 rings (SSSR count). The van der Waals surface area contributed by atoms with E-state index in [1.54, 1.807) is 14.2 Å². The summed E-state index contributed by atoms with van der Waals surface area (Å²) in [6.07, 6.45) is 0.970. The summed E-state index contributed by atoms with van der Waals surface area (Å²) in [6, 6.07) is 1.49. The maximum Gasteiger partial charge on any atom is 0.493 e. The van der Waals surface area contributed by atoms with Crippen LogP contribution in [-0.4, -0.2) is 57.1 Å². The van der Waals surface area contributed by atoms with Crippen LogP contribution < -0.4 is 5.32 Å². The van der Waals surface area contributed by atoms with E-state index in [4.69, 9.17) is 21.8 Å². The molecular formula is C17H41NO5Si2. The van der Waals surface area contributed by atoms with Crippen molar-refractivity contribution >= 4 is 17.6 Å². The number of hydrogen-bond acceptors (Lipinski definition) is 6. The van der Waals surface area contributed by atoms with E-state index in [1.165, 1.54) is 0 Å². The highest BCUT2D eigenvalue weighted by atomic mass is 28.5. The largest absolute Gasteiger partial charge is 0.493 e. The third kappa shape index (κ3) is 9.62. The van der Waals surface area contributed by atoms with Crippen LogP contribution >= 0.6 is 0 Å². The van der Waals surface area contributed by atoms with E-state index < -0.39 is 17.6 Å². The molecule has 0 aromatic heterocycles. The van der Waals surface area contributed by atoms with E-state index >= 15 is 0 Å². The number of rotatable bonds is 15. The fourth-order valence-electron chi connectivity index (χ4n) is 2.76. The summed E-state index contributed by atoms with van der Waals surface area (Å²) in [7, 11) is -2.43. The molecule has 0 heterocycles. The second kappa shape index (κ2) is 12.6. The molecule has 0 saturated heterocycles. The zero-order valence-corrected chi connectivity index (χ0v) is 19.8. The van der Waals surface area contributed by atoms with Gasteiger partial charge in [0.1, 0.15) is 0 Å². The molecule has 0 bridgehead atoms. The van der Waals surface area contributed by atoms with Crippen LogP contribution in [0.5, 0.6) is 0 Å². The average molecular weight is 396 g/mol. The van der Waals surface area contributed by atoms with Crippen LogP contribution in [0.2, 0.25) is 12.1 Å². The van der Waals surface area contributed by atoms with E-state index in [2.05, 4.69) is 26.1 Å². The highest BCUT2D eigenvalue weighted by molar-refractivity contribution is 6.75. The van der Waals surface area contributed by atoms with Crippen molar-refractivity contribution in [1.82, 2.24) is 5.32 Å². The van der Waals surface area contributed by atoms with Crippen molar-refractivity contribution in [1.29, 1.82) is 0 Å². The first-order valence-electron chi connectivity index (χ1n) is 9.54. The Labute approximate surface area is 157 Å². The first-order chi connectivity index (χ1) is 11.7. The molecule has 0 aliphatic heterocycles. The summed E-state index contributed by atoms with van der Waals surface area (Å²) in [5.74, 6) is 0.370. The first-order valence-corrected chi connectivity index (χ1v) is 13.4. The van der Waals surface area contributed by atoms with Crippen LogP contribution in [0.4, 0.5) is 0 Å². The van der Waals surface area contributed by atoms with Gasteiger partial charge in [-0.05, 0) is 46.7 Å². The lowest BCUT2D eigenvalue weighted by Gasteiger charge is -2.39. The van der Waals surface area contributed by atoms with Gasteiger partial charge in [-0.2, -0.15) is 0 Å². The standard InChI is InChI=1S/C17H41NO5Si2/c1-10-12-24(19-8,21-15(3)4)23-25(20-9,22-16(5)6)14-17(7)13-18-11-2/h15-18H,10-14H2,1-9H3. The molecule has 3 unspecified atom stereocenters. The minimum absolute atomic E-state index is 0.0159. The first kappa shape index (κ1) is 25.2. The summed E-state index contributed by atoms with van der Waals surface area (Å²) in [5.41, 5.74) is 0. The van der Waals surface area contributed by atoms with Gasteiger partial charge in [0, 0.05) is 38.5 Å². The molecule has 3 atom stereocenters. The van der Waals surface area contributed by atoms with Gasteiger partial charge >= 0.3 is 17.6 Å². The van der Waals surface area contributed by atoms with Crippen molar-refractivity contribution in [3.8, 4) is 0 Å². The molecular weight excluding hydrogens is 354 g/mol. The summed E-state index contributed by atoms with van der Waals surface area (Å²) in [6.45, 7) is 16.3. The van der Waals surface area contributed by atoms with Crippen molar-refractivity contribution < 1.29 is 21.8 Å². The van der Waals surface area contributed by atoms with Crippen molar-refractivity contribution in [2.24, 2.45) is 5.92 Å². The van der Waals surface area contributed by atoms with Crippen LogP contribution in [0, 0.1) is 5.92 Å². The van der Waals surface area contributed by atoms with Crippen LogP contribution in [0.15, 0.2) is 0 Å². The van der Waals surface area contributed by atoms with Gasteiger partial charge in [-0.15, -0.1) is 0 Å². The van der Waals surface area contributed by atoms with Gasteiger partial charge in [0.2, 0.25) is 0 Å². The zero-order valence-electron chi connectivity index (χ0n) is 17.8. The molecule has 0 fully saturated rings. The van der Waals surface area contributed by atoms with E-state index in [0.29, 0.717) is 5.92 Å². The van der Waals surface area contributed by atoms with Crippen LogP contribution in [0.3, 0.4) is 0 Å². The quantitative estimate of drug-likeness (QED) is 0.427. The van der Waals surface area contributed by atoms with E-state index in [-0.39, 0.29) is 12.2 Å². The maximum absolute atomic E-state index is 6.60. The van der Waals surface area contributed by atoms with Gasteiger partial charge in [-0.3, -0.25) is 0 Å². The Morgan fingerprint density at radius 1 is 0.840 bits per heavy atom. The maximum atomic E-state index is 6.60. The van der Waals surface area contributed by atoms with E-state index in [1.807, 2.05) is 27.7 Å². The zero-order chi connectivity index (χ0) is 19.5. The Hall–Kier alpha value is 0.194. The summed E-state index contributed by atoms with van der Waals surface area (Å²) in [5, 5.41) is 3.39. The summed E-state index contributed by atoms with van der Waals surface area (Å²) >= 11 is 0. The van der Waals surface area contributed by atoms with Gasteiger partial charge in [-0.1, -0.05) is 27.2 Å². The van der Waals surface area contributed by atoms with Crippen LogP contribution in [-0.2, 0) is 21.8 Å². The molecule has 8 heteroatoms. The SMILES string of the molecule is CCC[Si](OC)(OC(C)C)O[Si](CC(C)CNCC)(OC)OC(C)C. The Morgan fingerprint density at radius 2 is 1.36 bits per heavy atom. The van der Waals surface area contributed by atoms with Crippen LogP contribution in [0.25, 0.3) is 0 Å². The van der Waals surface area contributed by atoms with Gasteiger partial charge in [0.25, 0.3) is 0 Å². The Morgan fingerprint density at radius 3 is 1.76 bits per heavy atom. The van der Waals surface area contributed by atoms with Crippen molar-refractivity contribution in [2.75, 3.05) is 27.3 Å². The molecule has 0 aliphatic rings. The molecule has 25 heavy (non-hydrogen) atoms. The molecule has 0 aliphatic carbocycles. The van der Waals surface area contributed by atoms with E-state index in [9.17, 15) is 0 Å². The number of hydrogen-bond donors (Lipinski definition) is 1. The fourth-order valence-corrected chi connectivity index (χ4v) is 10.3. The topological polar surface area (TPSA) is 58.2 Å². The van der Waals surface area contributed by atoms with Crippen molar-refractivity contribution in [3.05, 3.63) is 0 Å². The number of nitrogens with one attached hydrogen (secondary N) is 1. The molecule has 0 spiro atoms. The third-order valence-corrected chi connectivity index (χ3v) is 11.4. The highest BCUT2D eigenvalue weighted by Gasteiger charge is 2.53. The highest BCUT2D eigenvalue weighted by Crippen LogP contribution is 2.30. The van der Waals surface area contributed by atoms with Gasteiger partial charge in [0.05, 0.1) is 0 Å². The molecule has 0 amide bonds. The molecule has 6 nitrogen and oxygen atoms in total. The molecule has 0 aromatic carbocycles. The monoisotopic (exact) mass is 395 g/mol. The summed E-state index contributed by atoms with van der Waals surface area (Å²) in [4.78, 5) is 0. The van der Waals surface area contributed by atoms with Crippen molar-refractivity contribution in [2.45, 2.75) is 79.2 Å². The van der Waals surface area contributed by atoms with Gasteiger partial charge in [-0.25, -0.2) is 0 Å². The van der Waals surface area contributed by atoms with Crippen molar-refractivity contribution in [3.63, 3.8) is 0 Å². The average Bonchev–Trinajstić information content (AvgIpc) is 2.51. The van der Waals surface area contributed by atoms with Gasteiger partial charge in [0.15, 0.2) is 0 Å². The van der Waals surface area contributed by atoms with Gasteiger partial charge < -0.3 is 27.1 Å². The summed E-state index contributed by atoms with van der Waals surface area (Å²) < 4.78 is 30.8. The molecule has 152 valence electrons. The second-order valence-corrected chi connectivity index (χ2v) is 12.8. The normalized spacial score (nSPS) is 18.4. The molecule has 0 saturated carbocycles. The molecule has 1 N–H and O–H groups in total. The third-order valence-electron chi connectivity index (χ3n) is 3.66. The van der Waals surface area contributed by atoms with Crippen LogP contribution in [0.1, 0.15) is 54.9 Å². The molecule has 0 radical (unpaired) electrons. The second-order valence-electron chi connectivity index (χ2n) is 7.08. The minimum atomic E-state index is -2.93. The smallest absolute Gasteiger partial charge is 0.377 e. The predicted molar refractivity (Wildman–Crippen MR) is 107 cm³/mol.